The average molecular weight is 457 g/mol. The molecule has 9 heteroatoms. The average Bonchev–Trinajstić information content (AvgIpc) is 3.24. The number of amidine groups is 1. The number of amides is 1. The van der Waals surface area contributed by atoms with Crippen molar-refractivity contribution in [3.05, 3.63) is 71.3 Å². The monoisotopic (exact) mass is 456 g/mol. The number of hydrogen-bond acceptors (Lipinski definition) is 6. The first-order valence-electron chi connectivity index (χ1n) is 11.0. The predicted molar refractivity (Wildman–Crippen MR) is 127 cm³/mol. The molecule has 3 N–H and O–H groups in total. The number of nitrogens with one attached hydrogen (secondary N) is 2. The molecule has 3 aromatic rings. The molecule has 2 aliphatic rings. The van der Waals surface area contributed by atoms with Crippen LogP contribution in [0.2, 0.25) is 0 Å². The van der Waals surface area contributed by atoms with E-state index in [1.807, 2.05) is 60.5 Å². The van der Waals surface area contributed by atoms with E-state index in [1.165, 1.54) is 0 Å². The van der Waals surface area contributed by atoms with Gasteiger partial charge in [0.25, 0.3) is 0 Å². The number of ether oxygens (including phenoxy) is 1. The third-order valence-electron chi connectivity index (χ3n) is 5.73. The fourth-order valence-corrected chi connectivity index (χ4v) is 3.73. The molecule has 9 nitrogen and oxygen atoms in total. The molecular formula is C25H24N6O3. The Balaban J connectivity index is 1.35. The molecule has 0 spiro atoms. The van der Waals surface area contributed by atoms with Gasteiger partial charge in [-0.15, -0.1) is 5.10 Å². The van der Waals surface area contributed by atoms with Gasteiger partial charge >= 0.3 is 5.91 Å². The molecule has 0 bridgehead atoms. The van der Waals surface area contributed by atoms with E-state index in [-0.39, 0.29) is 5.82 Å². The largest absolute Gasteiger partial charge is 0.491 e. The van der Waals surface area contributed by atoms with Crippen molar-refractivity contribution in [2.45, 2.75) is 18.4 Å². The number of aromatic nitrogens is 3. The second-order valence-electron chi connectivity index (χ2n) is 8.33. The lowest BCUT2D eigenvalue weighted by molar-refractivity contribution is 0.0473. The zero-order chi connectivity index (χ0) is 23.5. The van der Waals surface area contributed by atoms with Crippen LogP contribution < -0.4 is 15.0 Å². The van der Waals surface area contributed by atoms with Gasteiger partial charge in [0.15, 0.2) is 0 Å². The van der Waals surface area contributed by atoms with E-state index in [4.69, 9.17) is 4.74 Å². The fourth-order valence-electron chi connectivity index (χ4n) is 3.73. The molecule has 1 saturated heterocycles. The van der Waals surface area contributed by atoms with Crippen LogP contribution in [0, 0.1) is 11.8 Å². The SMILES string of the molecule is CN1/C(=N/C(=O)c2n[nH]c(Cc3ccccc3)n2)CCOc2ccc(C#CC3(O)CNC3)cc21. The smallest absolute Gasteiger partial charge is 0.318 e. The van der Waals surface area contributed by atoms with Gasteiger partial charge in [-0.1, -0.05) is 42.2 Å². The molecule has 2 aromatic carbocycles. The Hall–Kier alpha value is -4.00. The molecule has 5 rings (SSSR count). The van der Waals surface area contributed by atoms with Gasteiger partial charge in [0.05, 0.1) is 12.3 Å². The number of rotatable bonds is 3. The highest BCUT2D eigenvalue weighted by atomic mass is 16.5. The zero-order valence-electron chi connectivity index (χ0n) is 18.7. The van der Waals surface area contributed by atoms with Crippen LogP contribution in [0.5, 0.6) is 5.75 Å². The number of aliphatic hydroxyl groups is 1. The van der Waals surface area contributed by atoms with E-state index in [0.717, 1.165) is 16.8 Å². The lowest BCUT2D eigenvalue weighted by Gasteiger charge is -2.32. The summed E-state index contributed by atoms with van der Waals surface area (Å²) in [5, 5.41) is 20.1. The quantitative estimate of drug-likeness (QED) is 0.512. The maximum absolute atomic E-state index is 12.8. The molecule has 0 aliphatic carbocycles. The Kier molecular flexibility index (Phi) is 5.84. The Labute approximate surface area is 196 Å². The molecule has 0 atom stereocenters. The summed E-state index contributed by atoms with van der Waals surface area (Å²) in [6.45, 7) is 1.30. The van der Waals surface area contributed by atoms with Crippen molar-refractivity contribution in [3.8, 4) is 17.6 Å². The number of anilines is 1. The Morgan fingerprint density at radius 2 is 2.09 bits per heavy atom. The first-order chi connectivity index (χ1) is 16.5. The summed E-state index contributed by atoms with van der Waals surface area (Å²) < 4.78 is 5.86. The second-order valence-corrected chi connectivity index (χ2v) is 8.33. The predicted octanol–water partition coefficient (Wildman–Crippen LogP) is 1.54. The number of nitrogens with zero attached hydrogens (tertiary/aromatic N) is 4. The Morgan fingerprint density at radius 1 is 1.26 bits per heavy atom. The minimum absolute atomic E-state index is 0.0270. The number of carbonyl (C=O) groups excluding carboxylic acids is 1. The minimum Gasteiger partial charge on any atom is -0.491 e. The number of H-pyrrole nitrogens is 1. The first-order valence-corrected chi connectivity index (χ1v) is 11.0. The van der Waals surface area contributed by atoms with Crippen LogP contribution in [0.3, 0.4) is 0 Å². The molecule has 34 heavy (non-hydrogen) atoms. The van der Waals surface area contributed by atoms with Gasteiger partial charge in [0, 0.05) is 38.5 Å². The number of fused-ring (bicyclic) bond motifs is 1. The van der Waals surface area contributed by atoms with Gasteiger partial charge in [0.1, 0.15) is 23.0 Å². The molecule has 1 fully saturated rings. The maximum atomic E-state index is 12.8. The number of aromatic amines is 1. The van der Waals surface area contributed by atoms with Crippen molar-refractivity contribution in [1.29, 1.82) is 0 Å². The Morgan fingerprint density at radius 3 is 2.85 bits per heavy atom. The van der Waals surface area contributed by atoms with E-state index < -0.39 is 11.5 Å². The van der Waals surface area contributed by atoms with Gasteiger partial charge in [-0.05, 0) is 23.8 Å². The van der Waals surface area contributed by atoms with Crippen molar-refractivity contribution < 1.29 is 14.6 Å². The maximum Gasteiger partial charge on any atom is 0.318 e. The van der Waals surface area contributed by atoms with E-state index in [1.54, 1.807) is 0 Å². The highest BCUT2D eigenvalue weighted by molar-refractivity contribution is 6.08. The van der Waals surface area contributed by atoms with Crippen LogP contribution >= 0.6 is 0 Å². The topological polar surface area (TPSA) is 116 Å². The van der Waals surface area contributed by atoms with Crippen LogP contribution in [0.25, 0.3) is 0 Å². The van der Waals surface area contributed by atoms with E-state index in [0.29, 0.717) is 49.9 Å². The third kappa shape index (κ3) is 4.69. The van der Waals surface area contributed by atoms with Crippen molar-refractivity contribution >= 4 is 17.4 Å². The normalized spacial score (nSPS) is 17.6. The van der Waals surface area contributed by atoms with Crippen molar-refractivity contribution in [3.63, 3.8) is 0 Å². The second kappa shape index (κ2) is 9.09. The van der Waals surface area contributed by atoms with E-state index in [9.17, 15) is 9.90 Å². The first kappa shape index (κ1) is 21.8. The van der Waals surface area contributed by atoms with Gasteiger partial charge < -0.3 is 20.1 Å². The van der Waals surface area contributed by atoms with Crippen LogP contribution in [0.15, 0.2) is 53.5 Å². The molecule has 0 saturated carbocycles. The zero-order valence-corrected chi connectivity index (χ0v) is 18.7. The van der Waals surface area contributed by atoms with Gasteiger partial charge in [-0.25, -0.2) is 4.98 Å². The molecular weight excluding hydrogens is 432 g/mol. The number of hydrogen-bond donors (Lipinski definition) is 3. The molecule has 1 amide bonds. The molecule has 0 unspecified atom stereocenters. The van der Waals surface area contributed by atoms with E-state index in [2.05, 4.69) is 37.3 Å². The molecule has 2 aliphatic heterocycles. The van der Waals surface area contributed by atoms with Crippen molar-refractivity contribution in [1.82, 2.24) is 20.5 Å². The van der Waals surface area contributed by atoms with Crippen LogP contribution in [0.1, 0.15) is 34.0 Å². The van der Waals surface area contributed by atoms with Gasteiger partial charge in [-0.3, -0.25) is 9.89 Å². The summed E-state index contributed by atoms with van der Waals surface area (Å²) in [4.78, 5) is 23.3. The highest BCUT2D eigenvalue weighted by Gasteiger charge is 2.31. The lowest BCUT2D eigenvalue weighted by Crippen LogP contribution is -2.58. The van der Waals surface area contributed by atoms with Crippen molar-refractivity contribution in [2.75, 3.05) is 31.6 Å². The third-order valence-corrected chi connectivity index (χ3v) is 5.73. The summed E-state index contributed by atoms with van der Waals surface area (Å²) in [5.74, 6) is 7.28. The van der Waals surface area contributed by atoms with Crippen LogP contribution in [-0.4, -0.2) is 64.4 Å². The minimum atomic E-state index is -0.982. The summed E-state index contributed by atoms with van der Waals surface area (Å²) in [6, 6.07) is 15.4. The van der Waals surface area contributed by atoms with Crippen molar-refractivity contribution in [2.24, 2.45) is 4.99 Å². The van der Waals surface area contributed by atoms with Crippen LogP contribution in [-0.2, 0) is 6.42 Å². The molecule has 3 heterocycles. The fraction of sp³-hybridized carbons (Fsp3) is 0.280. The van der Waals surface area contributed by atoms with E-state index >= 15 is 0 Å². The number of benzene rings is 2. The van der Waals surface area contributed by atoms with Gasteiger partial charge in [-0.2, -0.15) is 4.99 Å². The summed E-state index contributed by atoms with van der Waals surface area (Å²) in [7, 11) is 1.83. The Bertz CT molecular complexity index is 1300. The summed E-state index contributed by atoms with van der Waals surface area (Å²) in [6.07, 6.45) is 0.998. The number of aliphatic imine (C=N–C) groups is 1. The van der Waals surface area contributed by atoms with Crippen LogP contribution in [0.4, 0.5) is 5.69 Å². The number of carbonyl (C=O) groups is 1. The summed E-state index contributed by atoms with van der Waals surface area (Å²) in [5.41, 5.74) is 1.57. The number of β-amino-alcohol motifs (C(OH)–C–C–N with tert-alkyl or cyclic N) is 1. The highest BCUT2D eigenvalue weighted by Crippen LogP contribution is 2.32. The van der Waals surface area contributed by atoms with Gasteiger partial charge in [0.2, 0.25) is 5.82 Å². The lowest BCUT2D eigenvalue weighted by atomic mass is 9.98. The standard InChI is InChI=1S/C25H24N6O3/c1-31-19-13-18(9-11-25(33)15-26-16-25)7-8-20(19)34-12-10-22(31)28-24(32)23-27-21(29-30-23)14-17-5-3-2-4-6-17/h2-8,13,26,33H,10,12,14-16H2,1H3,(H,27,29,30)/b28-22+. The summed E-state index contributed by atoms with van der Waals surface area (Å²) >= 11 is 0. The molecule has 172 valence electrons. The molecule has 0 radical (unpaired) electrons. The molecule has 1 aromatic heterocycles.